The topological polar surface area (TPSA) is 88.5 Å². The molecule has 0 radical (unpaired) electrons. The fourth-order valence-electron chi connectivity index (χ4n) is 8.16. The third kappa shape index (κ3) is 5.44. The molecular formula is C34H44N6O. The van der Waals surface area contributed by atoms with Crippen LogP contribution in [0.4, 0.5) is 0 Å². The molecular weight excluding hydrogens is 508 g/mol. The van der Waals surface area contributed by atoms with E-state index in [1.807, 2.05) is 0 Å². The van der Waals surface area contributed by atoms with Gasteiger partial charge in [0.05, 0.1) is 16.6 Å². The van der Waals surface area contributed by atoms with Crippen LogP contribution in [0.3, 0.4) is 0 Å². The van der Waals surface area contributed by atoms with Crippen LogP contribution in [-0.2, 0) is 10.2 Å². The zero-order valence-corrected chi connectivity index (χ0v) is 24.5. The maximum atomic E-state index is 12.7. The number of amides is 1. The second-order valence-electron chi connectivity index (χ2n) is 12.4. The van der Waals surface area contributed by atoms with Gasteiger partial charge in [0.15, 0.2) is 0 Å². The first kappa shape index (κ1) is 27.7. The Labute approximate surface area is 243 Å². The second-order valence-corrected chi connectivity index (χ2v) is 12.4. The van der Waals surface area contributed by atoms with Crippen molar-refractivity contribution in [2.75, 3.05) is 13.6 Å². The van der Waals surface area contributed by atoms with Gasteiger partial charge >= 0.3 is 0 Å². The lowest BCUT2D eigenvalue weighted by molar-refractivity contribution is -0.118. The number of fused-ring (bicyclic) bond motifs is 3. The van der Waals surface area contributed by atoms with Crippen LogP contribution in [0, 0.1) is 6.92 Å². The molecule has 2 aromatic carbocycles. The molecule has 2 saturated heterocycles. The Kier molecular flexibility index (Phi) is 7.98. The molecule has 0 spiro atoms. The van der Waals surface area contributed by atoms with E-state index < -0.39 is 0 Å². The number of nitrogens with two attached hydrogens (primary N) is 1. The van der Waals surface area contributed by atoms with Crippen LogP contribution < -0.4 is 11.1 Å². The van der Waals surface area contributed by atoms with E-state index in [1.165, 1.54) is 55.6 Å². The number of rotatable bonds is 8. The standard InChI is InChI=1S/C34H44N6O/c1-24-37-31-10-6-7-11-32(31)40(24)30-20-28-12-13-29(21-30)39(28)19-18-34(26-8-4-3-5-9-26)16-14-27(15-17-34)38-33(41)25(22-35)23-36-2/h3-11,22-23,27-30H,12-21,35H2,1-2H3,(H,38,41)/b25-22+,36-23?. The first-order valence-corrected chi connectivity index (χ1v) is 15.4. The van der Waals surface area contributed by atoms with Crippen molar-refractivity contribution in [1.29, 1.82) is 0 Å². The van der Waals surface area contributed by atoms with E-state index in [-0.39, 0.29) is 17.4 Å². The van der Waals surface area contributed by atoms with E-state index in [1.54, 1.807) is 7.05 Å². The van der Waals surface area contributed by atoms with E-state index in [0.717, 1.165) is 43.6 Å². The van der Waals surface area contributed by atoms with Crippen molar-refractivity contribution in [2.45, 2.75) is 94.3 Å². The van der Waals surface area contributed by atoms with E-state index in [4.69, 9.17) is 10.7 Å². The zero-order valence-electron chi connectivity index (χ0n) is 24.5. The Morgan fingerprint density at radius 2 is 1.71 bits per heavy atom. The van der Waals surface area contributed by atoms with Crippen LogP contribution in [0.1, 0.15) is 75.2 Å². The number of imidazole rings is 1. The van der Waals surface area contributed by atoms with Gasteiger partial charge in [-0.25, -0.2) is 4.98 Å². The lowest BCUT2D eigenvalue weighted by atomic mass is 9.66. The summed E-state index contributed by atoms with van der Waals surface area (Å²) in [7, 11) is 1.65. The van der Waals surface area contributed by atoms with Crippen molar-refractivity contribution in [1.82, 2.24) is 19.8 Å². The number of benzene rings is 2. The minimum absolute atomic E-state index is 0.129. The van der Waals surface area contributed by atoms with Gasteiger partial charge in [0.25, 0.3) is 5.91 Å². The molecule has 2 atom stereocenters. The highest BCUT2D eigenvalue weighted by molar-refractivity contribution is 6.12. The van der Waals surface area contributed by atoms with Crippen molar-refractivity contribution >= 4 is 23.2 Å². The number of aryl methyl sites for hydroxylation is 1. The molecule has 1 aliphatic carbocycles. The van der Waals surface area contributed by atoms with E-state index in [9.17, 15) is 4.79 Å². The Morgan fingerprint density at radius 3 is 2.39 bits per heavy atom. The van der Waals surface area contributed by atoms with Gasteiger partial charge in [0.1, 0.15) is 5.82 Å². The molecule has 3 aliphatic rings. The third-order valence-corrected chi connectivity index (χ3v) is 10.2. The summed E-state index contributed by atoms with van der Waals surface area (Å²) in [6.45, 7) is 3.31. The smallest absolute Gasteiger partial charge is 0.254 e. The van der Waals surface area contributed by atoms with Gasteiger partial charge in [-0.05, 0) is 94.4 Å². The SMILES string of the molecule is CN=C/C(=C\N)C(=O)NC1CCC(CCN2C3CCC2CC(n2c(C)nc4ccccc42)C3)(c2ccccc2)CC1. The average molecular weight is 553 g/mol. The van der Waals surface area contributed by atoms with E-state index >= 15 is 0 Å². The van der Waals surface area contributed by atoms with Gasteiger partial charge < -0.3 is 15.6 Å². The monoisotopic (exact) mass is 552 g/mol. The molecule has 6 rings (SSSR count). The summed E-state index contributed by atoms with van der Waals surface area (Å²) in [4.78, 5) is 24.4. The van der Waals surface area contributed by atoms with Crippen molar-refractivity contribution in [2.24, 2.45) is 10.7 Å². The summed E-state index contributed by atoms with van der Waals surface area (Å²) in [5.41, 5.74) is 10.1. The number of nitrogens with zero attached hydrogens (tertiary/aromatic N) is 4. The van der Waals surface area contributed by atoms with Crippen LogP contribution in [0.2, 0.25) is 0 Å². The van der Waals surface area contributed by atoms with E-state index in [0.29, 0.717) is 23.7 Å². The Hall–Kier alpha value is -3.45. The Morgan fingerprint density at radius 1 is 1.02 bits per heavy atom. The number of nitrogens with one attached hydrogen (secondary N) is 1. The largest absolute Gasteiger partial charge is 0.404 e. The molecule has 2 bridgehead atoms. The fraction of sp³-hybridized carbons (Fsp3) is 0.500. The van der Waals surface area contributed by atoms with Crippen molar-refractivity contribution in [3.05, 3.63) is 77.8 Å². The summed E-state index contributed by atoms with van der Waals surface area (Å²) in [6, 6.07) is 21.7. The lowest BCUT2D eigenvalue weighted by Gasteiger charge is -2.45. The molecule has 2 unspecified atom stereocenters. The molecule has 1 amide bonds. The second kappa shape index (κ2) is 11.8. The van der Waals surface area contributed by atoms with Crippen molar-refractivity contribution < 1.29 is 4.79 Å². The Bertz CT molecular complexity index is 1400. The summed E-state index contributed by atoms with van der Waals surface area (Å²) >= 11 is 0. The zero-order chi connectivity index (χ0) is 28.4. The summed E-state index contributed by atoms with van der Waals surface area (Å²) in [6.07, 6.45) is 13.2. The Balaban J connectivity index is 1.14. The van der Waals surface area contributed by atoms with Crippen LogP contribution in [-0.4, -0.2) is 58.3 Å². The van der Waals surface area contributed by atoms with Crippen LogP contribution in [0.15, 0.2) is 71.4 Å². The normalized spacial score (nSPS) is 28.9. The van der Waals surface area contributed by atoms with Crippen LogP contribution >= 0.6 is 0 Å². The molecule has 41 heavy (non-hydrogen) atoms. The van der Waals surface area contributed by atoms with Gasteiger partial charge in [-0.1, -0.05) is 42.5 Å². The predicted molar refractivity (Wildman–Crippen MR) is 166 cm³/mol. The van der Waals surface area contributed by atoms with Crippen LogP contribution in [0.25, 0.3) is 11.0 Å². The highest BCUT2D eigenvalue weighted by atomic mass is 16.1. The van der Waals surface area contributed by atoms with Crippen molar-refractivity contribution in [3.8, 4) is 0 Å². The van der Waals surface area contributed by atoms with Gasteiger partial charge in [-0.2, -0.15) is 0 Å². The van der Waals surface area contributed by atoms with E-state index in [2.05, 4.69) is 81.3 Å². The fourth-order valence-corrected chi connectivity index (χ4v) is 8.16. The number of aromatic nitrogens is 2. The van der Waals surface area contributed by atoms with Gasteiger partial charge in [0.2, 0.25) is 0 Å². The molecule has 3 N–H and O–H groups in total. The maximum Gasteiger partial charge on any atom is 0.254 e. The quantitative estimate of drug-likeness (QED) is 0.288. The predicted octanol–water partition coefficient (Wildman–Crippen LogP) is 5.44. The molecule has 2 aliphatic heterocycles. The van der Waals surface area contributed by atoms with Crippen LogP contribution in [0.5, 0.6) is 0 Å². The number of para-hydroxylation sites is 2. The van der Waals surface area contributed by atoms with Gasteiger partial charge in [-0.3, -0.25) is 14.7 Å². The first-order chi connectivity index (χ1) is 20.0. The number of carbonyl (C=O) groups is 1. The number of hydrogen-bond acceptors (Lipinski definition) is 5. The minimum Gasteiger partial charge on any atom is -0.404 e. The van der Waals surface area contributed by atoms with Crippen molar-refractivity contribution in [3.63, 3.8) is 0 Å². The highest BCUT2D eigenvalue weighted by Gasteiger charge is 2.44. The maximum absolute atomic E-state index is 12.7. The molecule has 1 aromatic heterocycles. The molecule has 3 heterocycles. The lowest BCUT2D eigenvalue weighted by Crippen LogP contribution is -2.47. The molecule has 7 heteroatoms. The molecule has 3 aromatic rings. The minimum atomic E-state index is -0.129. The number of carbonyl (C=O) groups excluding carboxylic acids is 1. The number of aliphatic imine (C=N–C) groups is 1. The average Bonchev–Trinajstić information content (AvgIpc) is 3.46. The molecule has 3 fully saturated rings. The third-order valence-electron chi connectivity index (χ3n) is 10.2. The molecule has 7 nitrogen and oxygen atoms in total. The molecule has 1 saturated carbocycles. The summed E-state index contributed by atoms with van der Waals surface area (Å²) in [5.74, 6) is 1.02. The first-order valence-electron chi connectivity index (χ1n) is 15.4. The highest BCUT2D eigenvalue weighted by Crippen LogP contribution is 2.46. The van der Waals surface area contributed by atoms with Gasteiger partial charge in [-0.15, -0.1) is 0 Å². The number of hydrogen-bond donors (Lipinski definition) is 2. The molecule has 216 valence electrons. The summed E-state index contributed by atoms with van der Waals surface area (Å²) in [5, 5.41) is 3.21. The number of piperidine rings is 1. The summed E-state index contributed by atoms with van der Waals surface area (Å²) < 4.78 is 2.52. The van der Waals surface area contributed by atoms with Gasteiger partial charge in [0, 0.05) is 43.6 Å².